The van der Waals surface area contributed by atoms with Gasteiger partial charge in [-0.1, -0.05) is 0 Å². The number of halogens is 3. The summed E-state index contributed by atoms with van der Waals surface area (Å²) in [5.74, 6) is -0.256. The van der Waals surface area contributed by atoms with E-state index in [1.165, 1.54) is 12.3 Å². The van der Waals surface area contributed by atoms with Gasteiger partial charge in [-0.05, 0) is 13.0 Å². The minimum Gasteiger partial charge on any atom is -0.468 e. The van der Waals surface area contributed by atoms with Crippen LogP contribution >= 0.6 is 11.3 Å². The number of sulfonamides is 1. The number of anilines is 1. The maximum absolute atomic E-state index is 12.0. The van der Waals surface area contributed by atoms with E-state index < -0.39 is 22.8 Å². The number of hydrogen-bond donors (Lipinski definition) is 1. The van der Waals surface area contributed by atoms with Crippen molar-refractivity contribution in [2.45, 2.75) is 17.3 Å². The first-order chi connectivity index (χ1) is 10.2. The molecule has 2 rings (SSSR count). The molecule has 1 N–H and O–H groups in total. The molecule has 6 nitrogen and oxygen atoms in total. The second-order valence-electron chi connectivity index (χ2n) is 4.09. The molecular formula is C11H10F3N3O3S2. The van der Waals surface area contributed by atoms with Gasteiger partial charge in [-0.15, -0.1) is 11.3 Å². The van der Waals surface area contributed by atoms with Gasteiger partial charge in [0.2, 0.25) is 5.88 Å². The Kier molecular flexibility index (Phi) is 4.56. The number of thiazole rings is 1. The van der Waals surface area contributed by atoms with Crippen molar-refractivity contribution in [2.75, 3.05) is 11.3 Å². The standard InChI is InChI=1S/C11H10F3N3O3S2/c1-7-15-5-10(21-7)22(18,19)17-8-2-3-9(16-4-8)20-6-11(12,13)14/h2-5,17H,6H2,1H3. The van der Waals surface area contributed by atoms with Crippen LogP contribution in [0.1, 0.15) is 5.01 Å². The summed E-state index contributed by atoms with van der Waals surface area (Å²) in [5, 5.41) is 0.592. The van der Waals surface area contributed by atoms with Gasteiger partial charge in [0.15, 0.2) is 10.8 Å². The van der Waals surface area contributed by atoms with Crippen molar-refractivity contribution in [3.05, 3.63) is 29.5 Å². The molecule has 22 heavy (non-hydrogen) atoms. The lowest BCUT2D eigenvalue weighted by Gasteiger charge is -2.09. The highest BCUT2D eigenvalue weighted by atomic mass is 32.2. The van der Waals surface area contributed by atoms with Gasteiger partial charge in [-0.2, -0.15) is 13.2 Å². The van der Waals surface area contributed by atoms with Crippen molar-refractivity contribution < 1.29 is 26.3 Å². The van der Waals surface area contributed by atoms with E-state index in [1.807, 2.05) is 0 Å². The topological polar surface area (TPSA) is 81.2 Å². The molecule has 0 aliphatic rings. The molecule has 2 aromatic heterocycles. The van der Waals surface area contributed by atoms with Crippen LogP contribution in [0.3, 0.4) is 0 Å². The molecule has 11 heteroatoms. The smallest absolute Gasteiger partial charge is 0.422 e. The Hall–Kier alpha value is -1.88. The zero-order valence-corrected chi connectivity index (χ0v) is 12.7. The van der Waals surface area contributed by atoms with Crippen LogP contribution in [-0.4, -0.2) is 31.2 Å². The molecule has 2 heterocycles. The Morgan fingerprint density at radius 3 is 2.50 bits per heavy atom. The molecule has 0 aliphatic carbocycles. The highest BCUT2D eigenvalue weighted by molar-refractivity contribution is 7.94. The number of ether oxygens (including phenoxy) is 1. The lowest BCUT2D eigenvalue weighted by atomic mass is 10.4. The maximum Gasteiger partial charge on any atom is 0.422 e. The number of aryl methyl sites for hydroxylation is 1. The van der Waals surface area contributed by atoms with Crippen LogP contribution in [0.2, 0.25) is 0 Å². The normalized spacial score (nSPS) is 12.2. The Balaban J connectivity index is 2.05. The van der Waals surface area contributed by atoms with E-state index in [-0.39, 0.29) is 15.8 Å². The Bertz CT molecular complexity index is 742. The van der Waals surface area contributed by atoms with E-state index in [0.29, 0.717) is 5.01 Å². The summed E-state index contributed by atoms with van der Waals surface area (Å²) in [4.78, 5) is 7.45. The van der Waals surface area contributed by atoms with E-state index in [1.54, 1.807) is 6.92 Å². The van der Waals surface area contributed by atoms with Crippen molar-refractivity contribution >= 4 is 27.0 Å². The van der Waals surface area contributed by atoms with Crippen LogP contribution in [0.5, 0.6) is 5.88 Å². The van der Waals surface area contributed by atoms with Gasteiger partial charge in [0.25, 0.3) is 10.0 Å². The minimum absolute atomic E-state index is 0.0300. The molecule has 0 bridgehead atoms. The van der Waals surface area contributed by atoms with Crippen LogP contribution in [0.4, 0.5) is 18.9 Å². The van der Waals surface area contributed by atoms with E-state index in [9.17, 15) is 21.6 Å². The number of pyridine rings is 1. The molecule has 0 fully saturated rings. The molecule has 0 saturated carbocycles. The van der Waals surface area contributed by atoms with E-state index in [0.717, 1.165) is 23.6 Å². The van der Waals surface area contributed by atoms with Crippen LogP contribution < -0.4 is 9.46 Å². The molecule has 0 amide bonds. The third kappa shape index (κ3) is 4.56. The average molecular weight is 353 g/mol. The fraction of sp³-hybridized carbons (Fsp3) is 0.273. The predicted octanol–water partition coefficient (Wildman–Crippen LogP) is 2.59. The highest BCUT2D eigenvalue weighted by Gasteiger charge is 2.28. The van der Waals surface area contributed by atoms with Crippen LogP contribution in [0.25, 0.3) is 0 Å². The molecule has 0 aliphatic heterocycles. The van der Waals surface area contributed by atoms with Crippen molar-refractivity contribution in [1.29, 1.82) is 0 Å². The molecular weight excluding hydrogens is 343 g/mol. The second kappa shape index (κ2) is 6.08. The summed E-state index contributed by atoms with van der Waals surface area (Å²) >= 11 is 0.996. The maximum atomic E-state index is 12.0. The van der Waals surface area contributed by atoms with Crippen molar-refractivity contribution in [3.8, 4) is 5.88 Å². The van der Waals surface area contributed by atoms with Crippen LogP contribution in [0, 0.1) is 6.92 Å². The summed E-state index contributed by atoms with van der Waals surface area (Å²) in [6.07, 6.45) is -2.18. The third-order valence-corrected chi connectivity index (χ3v) is 4.99. The number of hydrogen-bond acceptors (Lipinski definition) is 6. The zero-order valence-electron chi connectivity index (χ0n) is 11.1. The number of rotatable bonds is 5. The lowest BCUT2D eigenvalue weighted by Crippen LogP contribution is -2.19. The van der Waals surface area contributed by atoms with Gasteiger partial charge in [-0.3, -0.25) is 4.72 Å². The van der Waals surface area contributed by atoms with Gasteiger partial charge in [0.05, 0.1) is 23.1 Å². The molecule has 120 valence electrons. The SMILES string of the molecule is Cc1ncc(S(=O)(=O)Nc2ccc(OCC(F)(F)F)nc2)s1. The molecule has 2 aromatic rings. The number of alkyl halides is 3. The predicted molar refractivity (Wildman–Crippen MR) is 73.4 cm³/mol. The molecule has 0 aromatic carbocycles. The minimum atomic E-state index is -4.47. The molecule has 0 unspecified atom stereocenters. The summed E-state index contributed by atoms with van der Waals surface area (Å²) in [5.41, 5.74) is 0.102. The van der Waals surface area contributed by atoms with Crippen molar-refractivity contribution in [2.24, 2.45) is 0 Å². The number of nitrogens with one attached hydrogen (secondary N) is 1. The van der Waals surface area contributed by atoms with Gasteiger partial charge in [-0.25, -0.2) is 18.4 Å². The first-order valence-corrected chi connectivity index (χ1v) is 8.06. The number of nitrogens with zero attached hydrogens (tertiary/aromatic N) is 2. The largest absolute Gasteiger partial charge is 0.468 e. The summed E-state index contributed by atoms with van der Waals surface area (Å²) < 4.78 is 66.7. The van der Waals surface area contributed by atoms with Gasteiger partial charge >= 0.3 is 6.18 Å². The van der Waals surface area contributed by atoms with E-state index >= 15 is 0 Å². The van der Waals surface area contributed by atoms with E-state index in [4.69, 9.17) is 0 Å². The first-order valence-electron chi connectivity index (χ1n) is 5.76. The van der Waals surface area contributed by atoms with Gasteiger partial charge < -0.3 is 4.74 Å². The lowest BCUT2D eigenvalue weighted by molar-refractivity contribution is -0.154. The van der Waals surface area contributed by atoms with Gasteiger partial charge in [0.1, 0.15) is 0 Å². The quantitative estimate of drug-likeness (QED) is 0.894. The average Bonchev–Trinajstić information content (AvgIpc) is 2.84. The van der Waals surface area contributed by atoms with Crippen molar-refractivity contribution in [3.63, 3.8) is 0 Å². The zero-order chi connectivity index (χ0) is 16.4. The first kappa shape index (κ1) is 16.5. The number of aromatic nitrogens is 2. The van der Waals surface area contributed by atoms with Crippen LogP contribution in [0.15, 0.2) is 28.7 Å². The fourth-order valence-electron chi connectivity index (χ4n) is 1.35. The molecule has 0 saturated heterocycles. The van der Waals surface area contributed by atoms with Crippen molar-refractivity contribution in [1.82, 2.24) is 9.97 Å². The Morgan fingerprint density at radius 1 is 1.27 bits per heavy atom. The van der Waals surface area contributed by atoms with Crippen LogP contribution in [-0.2, 0) is 10.0 Å². The highest BCUT2D eigenvalue weighted by Crippen LogP contribution is 2.22. The fourth-order valence-corrected chi connectivity index (χ4v) is 3.50. The Labute approximate surface area is 128 Å². The van der Waals surface area contributed by atoms with E-state index in [2.05, 4.69) is 19.4 Å². The summed E-state index contributed by atoms with van der Waals surface area (Å²) in [6.45, 7) is 0.198. The molecule has 0 spiro atoms. The molecule has 0 atom stereocenters. The summed E-state index contributed by atoms with van der Waals surface area (Å²) in [7, 11) is -3.80. The summed E-state index contributed by atoms with van der Waals surface area (Å²) in [6, 6.07) is 2.39. The Morgan fingerprint density at radius 2 is 2.00 bits per heavy atom. The van der Waals surface area contributed by atoms with Gasteiger partial charge in [0, 0.05) is 6.07 Å². The monoisotopic (exact) mass is 353 g/mol. The second-order valence-corrected chi connectivity index (χ2v) is 7.24. The molecule has 0 radical (unpaired) electrons. The third-order valence-electron chi connectivity index (χ3n) is 2.24.